The highest BCUT2D eigenvalue weighted by molar-refractivity contribution is 5.18. The monoisotopic (exact) mass is 882 g/mol. The first-order valence-electron chi connectivity index (χ1n) is 22.3. The van der Waals surface area contributed by atoms with E-state index in [9.17, 15) is 10.2 Å². The Labute approximate surface area is 381 Å². The molecular formula is C54H58O11. The first-order chi connectivity index (χ1) is 32.1. The molecule has 6 aromatic rings. The van der Waals surface area contributed by atoms with Gasteiger partial charge in [0.05, 0.1) is 52.9 Å². The molecule has 2 aliphatic heterocycles. The lowest BCUT2D eigenvalue weighted by Crippen LogP contribution is -2.66. The van der Waals surface area contributed by atoms with Gasteiger partial charge in [0.15, 0.2) is 12.6 Å². The summed E-state index contributed by atoms with van der Waals surface area (Å²) in [4.78, 5) is 0. The molecule has 0 aromatic heterocycles. The molecule has 0 saturated carbocycles. The topological polar surface area (TPSA) is 124 Å². The molecule has 340 valence electrons. The fourth-order valence-corrected chi connectivity index (χ4v) is 8.12. The van der Waals surface area contributed by atoms with Crippen molar-refractivity contribution in [2.24, 2.45) is 0 Å². The minimum Gasteiger partial charge on any atom is -0.394 e. The van der Waals surface area contributed by atoms with Gasteiger partial charge in [0, 0.05) is 0 Å². The van der Waals surface area contributed by atoms with E-state index in [0.717, 1.165) is 33.4 Å². The summed E-state index contributed by atoms with van der Waals surface area (Å²) < 4.78 is 60.4. The first kappa shape index (κ1) is 46.4. The Balaban J connectivity index is 1.15. The number of aliphatic hydroxyl groups excluding tert-OH is 2. The highest BCUT2D eigenvalue weighted by Crippen LogP contribution is 2.36. The second-order valence-electron chi connectivity index (χ2n) is 16.2. The maximum absolute atomic E-state index is 11.9. The van der Waals surface area contributed by atoms with Crippen molar-refractivity contribution in [3.63, 3.8) is 0 Å². The van der Waals surface area contributed by atoms with Gasteiger partial charge in [0.2, 0.25) is 0 Å². The highest BCUT2D eigenvalue weighted by atomic mass is 16.8. The summed E-state index contributed by atoms with van der Waals surface area (Å²) in [6.07, 6.45) is -9.89. The van der Waals surface area contributed by atoms with E-state index in [4.69, 9.17) is 42.6 Å². The Kier molecular flexibility index (Phi) is 17.4. The Morgan fingerprint density at radius 2 is 0.677 bits per heavy atom. The van der Waals surface area contributed by atoms with Crippen LogP contribution in [0.25, 0.3) is 0 Å². The fraction of sp³-hybridized carbons (Fsp3) is 0.333. The zero-order valence-electron chi connectivity index (χ0n) is 36.3. The molecule has 2 fully saturated rings. The van der Waals surface area contributed by atoms with E-state index in [-0.39, 0.29) is 39.6 Å². The van der Waals surface area contributed by atoms with Gasteiger partial charge in [-0.05, 0) is 33.4 Å². The minimum absolute atomic E-state index is 0.109. The number of hydrogen-bond acceptors (Lipinski definition) is 11. The minimum atomic E-state index is -1.56. The summed E-state index contributed by atoms with van der Waals surface area (Å²) in [6.45, 7) is 1.04. The third-order valence-electron chi connectivity index (χ3n) is 11.5. The van der Waals surface area contributed by atoms with E-state index in [1.165, 1.54) is 0 Å². The van der Waals surface area contributed by atoms with Crippen LogP contribution in [0.15, 0.2) is 182 Å². The largest absolute Gasteiger partial charge is 0.394 e. The van der Waals surface area contributed by atoms with E-state index in [0.29, 0.717) is 6.61 Å². The summed E-state index contributed by atoms with van der Waals surface area (Å²) in [5.41, 5.74) is 5.66. The summed E-state index contributed by atoms with van der Waals surface area (Å²) in [6, 6.07) is 59.0. The Bertz CT molecular complexity index is 2210. The maximum atomic E-state index is 11.9. The third-order valence-corrected chi connectivity index (χ3v) is 11.5. The van der Waals surface area contributed by atoms with E-state index in [2.05, 4.69) is 0 Å². The van der Waals surface area contributed by atoms with Crippen LogP contribution in [0.5, 0.6) is 0 Å². The molecule has 2 aliphatic rings. The highest BCUT2D eigenvalue weighted by Gasteiger charge is 2.54. The van der Waals surface area contributed by atoms with Gasteiger partial charge in [-0.3, -0.25) is 0 Å². The van der Waals surface area contributed by atoms with Crippen LogP contribution in [-0.2, 0) is 82.3 Å². The van der Waals surface area contributed by atoms with Crippen LogP contribution in [0.3, 0.4) is 0 Å². The lowest BCUT2D eigenvalue weighted by atomic mass is 9.96. The third kappa shape index (κ3) is 13.3. The second kappa shape index (κ2) is 24.4. The molecule has 1 unspecified atom stereocenters. The number of rotatable bonds is 22. The molecule has 8 rings (SSSR count). The standard InChI is InChI=1S/C54H58O11/c55-31-45-47(58-33-40-21-9-2-10-22-40)49(60-35-42-25-13-4-14-26-42)51(53(56)63-45)65-54-52(62-37-44-29-17-6-18-30-44)50(61-36-43-27-15-5-16-28-43)48(59-34-41-23-11-3-12-24-41)46(64-54)38-57-32-39-19-7-1-8-20-39/h1-30,45-56H,31-38H2/t45-,46-,47+,48+,49+,50+,51-,52-,53-,54?/m1/s1. The van der Waals surface area contributed by atoms with Crippen LogP contribution < -0.4 is 0 Å². The summed E-state index contributed by atoms with van der Waals surface area (Å²) in [5, 5.41) is 22.6. The van der Waals surface area contributed by atoms with Crippen LogP contribution in [0.4, 0.5) is 0 Å². The van der Waals surface area contributed by atoms with Crippen molar-refractivity contribution < 1.29 is 52.8 Å². The summed E-state index contributed by atoms with van der Waals surface area (Å²) in [5.74, 6) is 0. The van der Waals surface area contributed by atoms with Crippen LogP contribution >= 0.6 is 0 Å². The van der Waals surface area contributed by atoms with E-state index in [1.54, 1.807) is 0 Å². The smallest absolute Gasteiger partial charge is 0.187 e. The molecule has 0 spiro atoms. The van der Waals surface area contributed by atoms with Gasteiger partial charge in [-0.15, -0.1) is 0 Å². The number of ether oxygens (including phenoxy) is 9. The average Bonchev–Trinajstić information content (AvgIpc) is 3.36. The lowest BCUT2D eigenvalue weighted by molar-refractivity contribution is -0.378. The van der Waals surface area contributed by atoms with Crippen molar-refractivity contribution in [3.05, 3.63) is 215 Å². The zero-order chi connectivity index (χ0) is 44.5. The Morgan fingerprint density at radius 1 is 0.354 bits per heavy atom. The molecule has 2 N–H and O–H groups in total. The average molecular weight is 883 g/mol. The maximum Gasteiger partial charge on any atom is 0.187 e. The number of aliphatic hydroxyl groups is 2. The zero-order valence-corrected chi connectivity index (χ0v) is 36.3. The fourth-order valence-electron chi connectivity index (χ4n) is 8.12. The Morgan fingerprint density at radius 3 is 1.06 bits per heavy atom. The van der Waals surface area contributed by atoms with Crippen LogP contribution in [0, 0.1) is 0 Å². The normalized spacial score (nSPS) is 25.6. The van der Waals surface area contributed by atoms with Crippen LogP contribution in [0.2, 0.25) is 0 Å². The predicted octanol–water partition coefficient (Wildman–Crippen LogP) is 7.95. The second-order valence-corrected chi connectivity index (χ2v) is 16.2. The molecule has 65 heavy (non-hydrogen) atoms. The van der Waals surface area contributed by atoms with Gasteiger partial charge in [0.25, 0.3) is 0 Å². The van der Waals surface area contributed by atoms with E-state index < -0.39 is 68.0 Å². The summed E-state index contributed by atoms with van der Waals surface area (Å²) >= 11 is 0. The molecule has 0 amide bonds. The molecular weight excluding hydrogens is 825 g/mol. The van der Waals surface area contributed by atoms with Crippen molar-refractivity contribution in [2.75, 3.05) is 13.2 Å². The van der Waals surface area contributed by atoms with E-state index in [1.807, 2.05) is 182 Å². The molecule has 11 nitrogen and oxygen atoms in total. The van der Waals surface area contributed by atoms with Gasteiger partial charge < -0.3 is 52.8 Å². The van der Waals surface area contributed by atoms with Crippen molar-refractivity contribution in [3.8, 4) is 0 Å². The molecule has 10 atom stereocenters. The van der Waals surface area contributed by atoms with Gasteiger partial charge in [0.1, 0.15) is 48.8 Å². The molecule has 2 heterocycles. The van der Waals surface area contributed by atoms with Crippen LogP contribution in [0.1, 0.15) is 33.4 Å². The number of hydrogen-bond donors (Lipinski definition) is 2. The predicted molar refractivity (Wildman–Crippen MR) is 243 cm³/mol. The molecule has 0 bridgehead atoms. The van der Waals surface area contributed by atoms with Crippen molar-refractivity contribution in [1.29, 1.82) is 0 Å². The SMILES string of the molecule is OC[C@H]1O[C@@H](O)[C@H](OC2O[C@H](COCc3ccccc3)[C@H](OCc3ccccc3)[C@H](OCc3ccccc3)[C@H]2OCc2ccccc2)[C@@H](OCc2ccccc2)[C@H]1OCc1ccccc1. The molecule has 0 radical (unpaired) electrons. The Hall–Kier alpha value is -5.12. The van der Waals surface area contributed by atoms with Crippen molar-refractivity contribution >= 4 is 0 Å². The van der Waals surface area contributed by atoms with Crippen molar-refractivity contribution in [1.82, 2.24) is 0 Å². The first-order valence-corrected chi connectivity index (χ1v) is 22.3. The van der Waals surface area contributed by atoms with Gasteiger partial charge in [-0.1, -0.05) is 182 Å². The van der Waals surface area contributed by atoms with Crippen molar-refractivity contribution in [2.45, 2.75) is 101 Å². The summed E-state index contributed by atoms with van der Waals surface area (Å²) in [7, 11) is 0. The van der Waals surface area contributed by atoms with Gasteiger partial charge in [-0.2, -0.15) is 0 Å². The number of benzene rings is 6. The van der Waals surface area contributed by atoms with Gasteiger partial charge in [-0.25, -0.2) is 0 Å². The lowest BCUT2D eigenvalue weighted by Gasteiger charge is -2.49. The van der Waals surface area contributed by atoms with E-state index >= 15 is 0 Å². The quantitative estimate of drug-likeness (QED) is 0.0691. The molecule has 11 heteroatoms. The molecule has 6 aromatic carbocycles. The van der Waals surface area contributed by atoms with Gasteiger partial charge >= 0.3 is 0 Å². The molecule has 0 aliphatic carbocycles. The van der Waals surface area contributed by atoms with Crippen LogP contribution in [-0.4, -0.2) is 84.8 Å². The molecule has 2 saturated heterocycles.